The maximum absolute atomic E-state index is 11.9. The third-order valence-corrected chi connectivity index (χ3v) is 3.75. The maximum Gasteiger partial charge on any atom is 0.221 e. The molecule has 0 bridgehead atoms. The molecular weight excluding hydrogens is 294 g/mol. The fourth-order valence-corrected chi connectivity index (χ4v) is 2.51. The molecule has 0 spiro atoms. The molecule has 0 saturated carbocycles. The van der Waals surface area contributed by atoms with Crippen LogP contribution in [0.2, 0.25) is 0 Å². The van der Waals surface area contributed by atoms with Crippen molar-refractivity contribution in [1.82, 2.24) is 25.4 Å². The number of morpholine rings is 1. The van der Waals surface area contributed by atoms with Crippen molar-refractivity contribution in [3.05, 3.63) is 48.0 Å². The van der Waals surface area contributed by atoms with Crippen molar-refractivity contribution in [1.29, 1.82) is 0 Å². The van der Waals surface area contributed by atoms with Crippen molar-refractivity contribution in [2.45, 2.75) is 25.6 Å². The Morgan fingerprint density at radius 3 is 2.87 bits per heavy atom. The monoisotopic (exact) mass is 315 g/mol. The van der Waals surface area contributed by atoms with Crippen LogP contribution < -0.4 is 10.6 Å². The van der Waals surface area contributed by atoms with Crippen LogP contribution in [0.3, 0.4) is 0 Å². The van der Waals surface area contributed by atoms with Crippen LogP contribution in [0.25, 0.3) is 0 Å². The van der Waals surface area contributed by atoms with E-state index in [-0.39, 0.29) is 11.9 Å². The second kappa shape index (κ2) is 7.85. The number of aromatic nitrogens is 3. The van der Waals surface area contributed by atoms with Crippen LogP contribution in [0.4, 0.5) is 0 Å². The van der Waals surface area contributed by atoms with Crippen molar-refractivity contribution in [3.8, 4) is 0 Å². The lowest BCUT2D eigenvalue weighted by Gasteiger charge is -2.23. The zero-order chi connectivity index (χ0) is 15.9. The van der Waals surface area contributed by atoms with E-state index < -0.39 is 0 Å². The normalized spacial score (nSPS) is 17.8. The third-order valence-electron chi connectivity index (χ3n) is 3.75. The van der Waals surface area contributed by atoms with Gasteiger partial charge < -0.3 is 15.4 Å². The first-order valence-corrected chi connectivity index (χ1v) is 7.77. The van der Waals surface area contributed by atoms with Gasteiger partial charge in [-0.15, -0.1) is 0 Å². The molecule has 1 aliphatic heterocycles. The summed E-state index contributed by atoms with van der Waals surface area (Å²) in [6.07, 6.45) is 3.66. The summed E-state index contributed by atoms with van der Waals surface area (Å²) in [6, 6.07) is 8.25. The molecule has 7 heteroatoms. The summed E-state index contributed by atoms with van der Waals surface area (Å²) in [5.74, 6) is 0.0414. The Morgan fingerprint density at radius 2 is 2.17 bits per heavy atom. The summed E-state index contributed by atoms with van der Waals surface area (Å²) in [7, 11) is 0. The van der Waals surface area contributed by atoms with Gasteiger partial charge in [-0.05, 0) is 11.1 Å². The number of nitrogens with one attached hydrogen (secondary N) is 2. The van der Waals surface area contributed by atoms with Gasteiger partial charge in [-0.1, -0.05) is 24.3 Å². The van der Waals surface area contributed by atoms with E-state index >= 15 is 0 Å². The predicted molar refractivity (Wildman–Crippen MR) is 84.6 cm³/mol. The molecule has 0 aliphatic carbocycles. The fraction of sp³-hybridized carbons (Fsp3) is 0.438. The second-order valence-electron chi connectivity index (χ2n) is 5.62. The van der Waals surface area contributed by atoms with E-state index in [0.717, 1.165) is 24.3 Å². The minimum atomic E-state index is 0.0414. The van der Waals surface area contributed by atoms with Gasteiger partial charge in [0.1, 0.15) is 12.7 Å². The number of ether oxygens (including phenoxy) is 1. The van der Waals surface area contributed by atoms with Crippen LogP contribution in [0.1, 0.15) is 17.5 Å². The first-order chi connectivity index (χ1) is 11.3. The smallest absolute Gasteiger partial charge is 0.221 e. The lowest BCUT2D eigenvalue weighted by atomic mass is 10.1. The molecule has 23 heavy (non-hydrogen) atoms. The van der Waals surface area contributed by atoms with E-state index in [1.54, 1.807) is 11.0 Å². The van der Waals surface area contributed by atoms with Gasteiger partial charge in [0.05, 0.1) is 19.8 Å². The standard InChI is InChI=1S/C16H21N5O2/c22-16(7-15-10-23-6-5-18-15)19-8-13-1-3-14(4-2-13)9-21-12-17-11-20-21/h1-4,11-12,15,18H,5-10H2,(H,19,22). The van der Waals surface area contributed by atoms with Gasteiger partial charge in [0.2, 0.25) is 5.91 Å². The summed E-state index contributed by atoms with van der Waals surface area (Å²) in [5, 5.41) is 10.3. The van der Waals surface area contributed by atoms with Gasteiger partial charge >= 0.3 is 0 Å². The third kappa shape index (κ3) is 4.87. The summed E-state index contributed by atoms with van der Waals surface area (Å²) in [5.41, 5.74) is 2.22. The van der Waals surface area contributed by atoms with E-state index in [0.29, 0.717) is 26.1 Å². The molecule has 1 unspecified atom stereocenters. The van der Waals surface area contributed by atoms with Crippen molar-refractivity contribution < 1.29 is 9.53 Å². The number of carbonyl (C=O) groups excluding carboxylic acids is 1. The van der Waals surface area contributed by atoms with Gasteiger partial charge in [-0.2, -0.15) is 5.10 Å². The Labute approximate surface area is 135 Å². The highest BCUT2D eigenvalue weighted by Gasteiger charge is 2.16. The molecule has 3 rings (SSSR count). The van der Waals surface area contributed by atoms with E-state index in [1.165, 1.54) is 6.33 Å². The Kier molecular flexibility index (Phi) is 5.33. The van der Waals surface area contributed by atoms with E-state index in [4.69, 9.17) is 4.74 Å². The minimum absolute atomic E-state index is 0.0414. The number of hydrogen-bond acceptors (Lipinski definition) is 5. The van der Waals surface area contributed by atoms with Gasteiger partial charge in [0, 0.05) is 25.6 Å². The average molecular weight is 315 g/mol. The van der Waals surface area contributed by atoms with Crippen LogP contribution in [0.15, 0.2) is 36.9 Å². The van der Waals surface area contributed by atoms with Gasteiger partial charge in [-0.25, -0.2) is 9.67 Å². The van der Waals surface area contributed by atoms with Crippen LogP contribution in [0.5, 0.6) is 0 Å². The highest BCUT2D eigenvalue weighted by molar-refractivity contribution is 5.76. The fourth-order valence-electron chi connectivity index (χ4n) is 2.51. The lowest BCUT2D eigenvalue weighted by molar-refractivity contribution is -0.122. The quantitative estimate of drug-likeness (QED) is 0.802. The number of benzene rings is 1. The van der Waals surface area contributed by atoms with E-state index in [1.807, 2.05) is 24.3 Å². The van der Waals surface area contributed by atoms with Crippen molar-refractivity contribution in [3.63, 3.8) is 0 Å². The summed E-state index contributed by atoms with van der Waals surface area (Å²) >= 11 is 0. The Bertz CT molecular complexity index is 606. The molecule has 1 aromatic heterocycles. The molecule has 1 atom stereocenters. The first-order valence-electron chi connectivity index (χ1n) is 7.77. The summed E-state index contributed by atoms with van der Waals surface area (Å²) < 4.78 is 7.12. The zero-order valence-electron chi connectivity index (χ0n) is 12.9. The Hall–Kier alpha value is -2.25. The molecule has 2 N–H and O–H groups in total. The zero-order valence-corrected chi connectivity index (χ0v) is 12.9. The SMILES string of the molecule is O=C(CC1COCCN1)NCc1ccc(Cn2cncn2)cc1. The van der Waals surface area contributed by atoms with Crippen LogP contribution >= 0.6 is 0 Å². The van der Waals surface area contributed by atoms with Crippen molar-refractivity contribution >= 4 is 5.91 Å². The number of nitrogens with zero attached hydrogens (tertiary/aromatic N) is 3. The lowest BCUT2D eigenvalue weighted by Crippen LogP contribution is -2.44. The number of carbonyl (C=O) groups is 1. The molecular formula is C16H21N5O2. The molecule has 1 aromatic carbocycles. The Balaban J connectivity index is 1.43. The Morgan fingerprint density at radius 1 is 1.35 bits per heavy atom. The molecule has 1 aliphatic rings. The molecule has 1 amide bonds. The molecule has 7 nitrogen and oxygen atoms in total. The highest BCUT2D eigenvalue weighted by Crippen LogP contribution is 2.06. The molecule has 2 heterocycles. The molecule has 2 aromatic rings. The number of hydrogen-bond donors (Lipinski definition) is 2. The maximum atomic E-state index is 11.9. The van der Waals surface area contributed by atoms with Gasteiger partial charge in [-0.3, -0.25) is 4.79 Å². The summed E-state index contributed by atoms with van der Waals surface area (Å²) in [6.45, 7) is 3.37. The summed E-state index contributed by atoms with van der Waals surface area (Å²) in [4.78, 5) is 15.9. The van der Waals surface area contributed by atoms with E-state index in [2.05, 4.69) is 20.7 Å². The number of rotatable bonds is 6. The predicted octanol–water partition coefficient (Wildman–Crippen LogP) is 0.321. The van der Waals surface area contributed by atoms with Crippen molar-refractivity contribution in [2.75, 3.05) is 19.8 Å². The first kappa shape index (κ1) is 15.6. The largest absolute Gasteiger partial charge is 0.378 e. The molecule has 0 radical (unpaired) electrons. The molecule has 1 saturated heterocycles. The van der Waals surface area contributed by atoms with Crippen LogP contribution in [-0.4, -0.2) is 46.5 Å². The highest BCUT2D eigenvalue weighted by atomic mass is 16.5. The second-order valence-corrected chi connectivity index (χ2v) is 5.62. The number of amides is 1. The van der Waals surface area contributed by atoms with E-state index in [9.17, 15) is 4.79 Å². The van der Waals surface area contributed by atoms with Crippen LogP contribution in [-0.2, 0) is 22.6 Å². The topological polar surface area (TPSA) is 81.1 Å². The van der Waals surface area contributed by atoms with Crippen molar-refractivity contribution in [2.24, 2.45) is 0 Å². The van der Waals surface area contributed by atoms with Crippen LogP contribution in [0, 0.1) is 0 Å². The molecule has 122 valence electrons. The average Bonchev–Trinajstić information content (AvgIpc) is 3.08. The molecule has 1 fully saturated rings. The van der Waals surface area contributed by atoms with Gasteiger partial charge in [0.15, 0.2) is 0 Å². The minimum Gasteiger partial charge on any atom is -0.378 e. The van der Waals surface area contributed by atoms with Gasteiger partial charge in [0.25, 0.3) is 0 Å².